The first-order chi connectivity index (χ1) is 9.19. The third kappa shape index (κ3) is 3.01. The molecule has 2 N–H and O–H groups in total. The van der Waals surface area contributed by atoms with Gasteiger partial charge in [0.05, 0.1) is 14.2 Å². The number of nitrogens with zero attached hydrogens (tertiary/aromatic N) is 1. The average Bonchev–Trinajstić information content (AvgIpc) is 2.46. The van der Waals surface area contributed by atoms with Crippen molar-refractivity contribution in [1.82, 2.24) is 4.90 Å². The second-order valence-corrected chi connectivity index (χ2v) is 5.21. The largest absolute Gasteiger partial charge is 0.497 e. The highest BCUT2D eigenvalue weighted by atomic mass is 16.5. The summed E-state index contributed by atoms with van der Waals surface area (Å²) in [5.74, 6) is 2.17. The first-order valence-corrected chi connectivity index (χ1v) is 6.83. The molecular formula is C15H24N2O2. The lowest BCUT2D eigenvalue weighted by molar-refractivity contribution is 0.125. The standard InChI is InChI=1S/C15H24N2O2/c1-17-6-4-5-11(10-16)15(17)12-7-13(18-2)9-14(8-12)19-3/h7-9,11,15H,4-6,10,16H2,1-3H3. The Hall–Kier alpha value is -1.26. The number of rotatable bonds is 4. The summed E-state index contributed by atoms with van der Waals surface area (Å²) in [5, 5.41) is 0. The van der Waals surface area contributed by atoms with E-state index in [1.165, 1.54) is 18.4 Å². The summed E-state index contributed by atoms with van der Waals surface area (Å²) in [5.41, 5.74) is 7.18. The van der Waals surface area contributed by atoms with E-state index in [0.717, 1.165) is 18.0 Å². The van der Waals surface area contributed by atoms with Crippen LogP contribution in [-0.4, -0.2) is 39.3 Å². The van der Waals surface area contributed by atoms with Crippen LogP contribution in [0, 0.1) is 5.92 Å². The van der Waals surface area contributed by atoms with Gasteiger partial charge in [-0.05, 0) is 56.6 Å². The molecule has 1 aliphatic heterocycles. The molecule has 0 spiro atoms. The minimum Gasteiger partial charge on any atom is -0.497 e. The number of hydrogen-bond donors (Lipinski definition) is 1. The van der Waals surface area contributed by atoms with E-state index in [0.29, 0.717) is 18.5 Å². The number of likely N-dealkylation sites (tertiary alicyclic amines) is 1. The molecule has 2 atom stereocenters. The van der Waals surface area contributed by atoms with Crippen molar-refractivity contribution >= 4 is 0 Å². The number of ether oxygens (including phenoxy) is 2. The van der Waals surface area contributed by atoms with Crippen molar-refractivity contribution in [2.45, 2.75) is 18.9 Å². The molecule has 1 aromatic rings. The Labute approximate surface area is 115 Å². The van der Waals surface area contributed by atoms with Crippen LogP contribution in [0.4, 0.5) is 0 Å². The maximum Gasteiger partial charge on any atom is 0.122 e. The highest BCUT2D eigenvalue weighted by Crippen LogP contribution is 2.37. The SMILES string of the molecule is COc1cc(OC)cc(C2C(CN)CCCN2C)c1. The Bertz CT molecular complexity index is 400. The van der Waals surface area contributed by atoms with Gasteiger partial charge in [0.2, 0.25) is 0 Å². The van der Waals surface area contributed by atoms with E-state index in [-0.39, 0.29) is 0 Å². The zero-order valence-corrected chi connectivity index (χ0v) is 12.1. The quantitative estimate of drug-likeness (QED) is 0.904. The van der Waals surface area contributed by atoms with Gasteiger partial charge in [-0.2, -0.15) is 0 Å². The van der Waals surface area contributed by atoms with Gasteiger partial charge in [-0.1, -0.05) is 0 Å². The molecule has 1 aromatic carbocycles. The first kappa shape index (κ1) is 14.2. The monoisotopic (exact) mass is 264 g/mol. The fraction of sp³-hybridized carbons (Fsp3) is 0.600. The van der Waals surface area contributed by atoms with Crippen LogP contribution in [0.15, 0.2) is 18.2 Å². The lowest BCUT2D eigenvalue weighted by Crippen LogP contribution is -2.39. The van der Waals surface area contributed by atoms with Gasteiger partial charge >= 0.3 is 0 Å². The zero-order valence-electron chi connectivity index (χ0n) is 12.1. The predicted octanol–water partition coefficient (Wildman–Crippen LogP) is 2.05. The fourth-order valence-electron chi connectivity index (χ4n) is 3.03. The number of nitrogens with two attached hydrogens (primary N) is 1. The van der Waals surface area contributed by atoms with Gasteiger partial charge in [-0.15, -0.1) is 0 Å². The fourth-order valence-corrected chi connectivity index (χ4v) is 3.03. The van der Waals surface area contributed by atoms with Crippen LogP contribution in [0.25, 0.3) is 0 Å². The smallest absolute Gasteiger partial charge is 0.122 e. The van der Waals surface area contributed by atoms with E-state index in [1.807, 2.05) is 6.07 Å². The molecule has 0 saturated carbocycles. The molecule has 0 aliphatic carbocycles. The van der Waals surface area contributed by atoms with Crippen LogP contribution in [0.3, 0.4) is 0 Å². The summed E-state index contributed by atoms with van der Waals surface area (Å²) in [6, 6.07) is 6.45. The maximum absolute atomic E-state index is 5.95. The molecule has 1 fully saturated rings. The van der Waals surface area contributed by atoms with Gasteiger partial charge < -0.3 is 15.2 Å². The maximum atomic E-state index is 5.95. The summed E-state index contributed by atoms with van der Waals surface area (Å²) in [7, 11) is 5.53. The van der Waals surface area contributed by atoms with Gasteiger partial charge in [-0.25, -0.2) is 0 Å². The molecule has 1 aliphatic rings. The van der Waals surface area contributed by atoms with Gasteiger partial charge in [0, 0.05) is 12.1 Å². The van der Waals surface area contributed by atoms with Gasteiger partial charge in [-0.3, -0.25) is 4.90 Å². The molecule has 4 heteroatoms. The van der Waals surface area contributed by atoms with Crippen molar-refractivity contribution in [2.75, 3.05) is 34.4 Å². The molecule has 4 nitrogen and oxygen atoms in total. The van der Waals surface area contributed by atoms with E-state index < -0.39 is 0 Å². The van der Waals surface area contributed by atoms with Crippen LogP contribution in [0.5, 0.6) is 11.5 Å². The normalized spacial score (nSPS) is 24.2. The number of methoxy groups -OCH3 is 2. The van der Waals surface area contributed by atoms with E-state index in [9.17, 15) is 0 Å². The summed E-state index contributed by atoms with van der Waals surface area (Å²) < 4.78 is 10.7. The molecule has 1 saturated heterocycles. The molecule has 2 rings (SSSR count). The van der Waals surface area contributed by atoms with Crippen LogP contribution < -0.4 is 15.2 Å². The summed E-state index contributed by atoms with van der Waals surface area (Å²) >= 11 is 0. The number of benzene rings is 1. The van der Waals surface area contributed by atoms with Crippen molar-refractivity contribution in [3.05, 3.63) is 23.8 Å². The van der Waals surface area contributed by atoms with E-state index in [2.05, 4.69) is 24.1 Å². The van der Waals surface area contributed by atoms with Crippen molar-refractivity contribution in [3.63, 3.8) is 0 Å². The van der Waals surface area contributed by atoms with Crippen LogP contribution in [-0.2, 0) is 0 Å². The Morgan fingerprint density at radius 2 is 1.84 bits per heavy atom. The van der Waals surface area contributed by atoms with Crippen molar-refractivity contribution in [3.8, 4) is 11.5 Å². The Kier molecular flexibility index (Phi) is 4.66. The number of hydrogen-bond acceptors (Lipinski definition) is 4. The third-order valence-corrected chi connectivity index (χ3v) is 4.03. The van der Waals surface area contributed by atoms with Crippen molar-refractivity contribution in [1.29, 1.82) is 0 Å². The lowest BCUT2D eigenvalue weighted by Gasteiger charge is -2.39. The van der Waals surface area contributed by atoms with Crippen molar-refractivity contribution in [2.24, 2.45) is 11.7 Å². The Morgan fingerprint density at radius 3 is 2.37 bits per heavy atom. The minimum absolute atomic E-state index is 0.350. The Balaban J connectivity index is 2.36. The molecule has 2 unspecified atom stereocenters. The minimum atomic E-state index is 0.350. The topological polar surface area (TPSA) is 47.7 Å². The highest BCUT2D eigenvalue weighted by Gasteiger charge is 2.30. The second-order valence-electron chi connectivity index (χ2n) is 5.21. The summed E-state index contributed by atoms with van der Waals surface area (Å²) in [6.45, 7) is 1.83. The van der Waals surface area contributed by atoms with Crippen LogP contribution in [0.1, 0.15) is 24.4 Å². The van der Waals surface area contributed by atoms with Gasteiger partial charge in [0.1, 0.15) is 11.5 Å². The van der Waals surface area contributed by atoms with Gasteiger partial charge in [0.25, 0.3) is 0 Å². The lowest BCUT2D eigenvalue weighted by atomic mass is 9.85. The summed E-state index contributed by atoms with van der Waals surface area (Å²) in [6.07, 6.45) is 2.40. The Morgan fingerprint density at radius 1 is 1.21 bits per heavy atom. The van der Waals surface area contributed by atoms with Crippen LogP contribution >= 0.6 is 0 Å². The average molecular weight is 264 g/mol. The van der Waals surface area contributed by atoms with E-state index >= 15 is 0 Å². The molecule has 0 radical (unpaired) electrons. The predicted molar refractivity (Wildman–Crippen MR) is 76.7 cm³/mol. The van der Waals surface area contributed by atoms with E-state index in [4.69, 9.17) is 15.2 Å². The van der Waals surface area contributed by atoms with E-state index in [1.54, 1.807) is 14.2 Å². The molecule has 1 heterocycles. The molecule has 0 bridgehead atoms. The third-order valence-electron chi connectivity index (χ3n) is 4.03. The highest BCUT2D eigenvalue weighted by molar-refractivity contribution is 5.40. The molecule has 106 valence electrons. The van der Waals surface area contributed by atoms with Crippen molar-refractivity contribution < 1.29 is 9.47 Å². The van der Waals surface area contributed by atoms with Crippen LogP contribution in [0.2, 0.25) is 0 Å². The second kappa shape index (κ2) is 6.26. The molecule has 0 aromatic heterocycles. The molecular weight excluding hydrogens is 240 g/mol. The van der Waals surface area contributed by atoms with Gasteiger partial charge in [0.15, 0.2) is 0 Å². The summed E-state index contributed by atoms with van der Waals surface area (Å²) in [4.78, 5) is 2.38. The molecule has 19 heavy (non-hydrogen) atoms. The molecule has 0 amide bonds. The zero-order chi connectivity index (χ0) is 13.8. The first-order valence-electron chi connectivity index (χ1n) is 6.83. The number of piperidine rings is 1.